The molecule has 0 spiro atoms. The van der Waals surface area contributed by atoms with Crippen LogP contribution in [0, 0.1) is 5.92 Å². The molecule has 1 N–H and O–H groups in total. The molecule has 3 fully saturated rings. The third-order valence-corrected chi connectivity index (χ3v) is 5.25. The van der Waals surface area contributed by atoms with E-state index in [-0.39, 0.29) is 0 Å². The largest absolute Gasteiger partial charge is 0.378 e. The first-order valence-electron chi connectivity index (χ1n) is 8.35. The summed E-state index contributed by atoms with van der Waals surface area (Å²) < 4.78 is 5.87. The maximum absolute atomic E-state index is 5.87. The van der Waals surface area contributed by atoms with E-state index in [4.69, 9.17) is 4.74 Å². The van der Waals surface area contributed by atoms with Crippen LogP contribution in [0.15, 0.2) is 0 Å². The summed E-state index contributed by atoms with van der Waals surface area (Å²) in [6.07, 6.45) is 9.86. The van der Waals surface area contributed by atoms with Crippen molar-refractivity contribution in [3.8, 4) is 0 Å². The quantitative estimate of drug-likeness (QED) is 0.846. The van der Waals surface area contributed by atoms with E-state index in [1.54, 1.807) is 0 Å². The summed E-state index contributed by atoms with van der Waals surface area (Å²) in [5, 5.41) is 3.81. The molecule has 0 amide bonds. The molecule has 0 aromatic heterocycles. The molecule has 110 valence electrons. The molecular weight excluding hydrogens is 236 g/mol. The van der Waals surface area contributed by atoms with Gasteiger partial charge in [0.05, 0.1) is 6.10 Å². The maximum atomic E-state index is 5.87. The molecule has 1 aliphatic carbocycles. The molecular formula is C16H30N2O. The summed E-state index contributed by atoms with van der Waals surface area (Å²) in [5.74, 6) is 0.930. The lowest BCUT2D eigenvalue weighted by atomic mass is 9.95. The second-order valence-corrected chi connectivity index (χ2v) is 7.03. The number of nitrogens with zero attached hydrogens (tertiary/aromatic N) is 1. The van der Waals surface area contributed by atoms with Gasteiger partial charge < -0.3 is 15.0 Å². The molecule has 3 nitrogen and oxygen atoms in total. The van der Waals surface area contributed by atoms with Crippen LogP contribution in [0.25, 0.3) is 0 Å². The Balaban J connectivity index is 1.48. The lowest BCUT2D eigenvalue weighted by Gasteiger charge is -2.34. The van der Waals surface area contributed by atoms with Gasteiger partial charge in [-0.15, -0.1) is 0 Å². The molecule has 0 aromatic rings. The second kappa shape index (κ2) is 6.11. The monoisotopic (exact) mass is 266 g/mol. The van der Waals surface area contributed by atoms with Crippen LogP contribution in [-0.2, 0) is 4.74 Å². The fourth-order valence-corrected chi connectivity index (χ4v) is 3.82. The van der Waals surface area contributed by atoms with E-state index in [1.165, 1.54) is 71.1 Å². The van der Waals surface area contributed by atoms with Gasteiger partial charge in [0, 0.05) is 25.2 Å². The number of hydrogen-bond acceptors (Lipinski definition) is 3. The molecule has 19 heavy (non-hydrogen) atoms. The highest BCUT2D eigenvalue weighted by Crippen LogP contribution is 2.40. The first kappa shape index (κ1) is 13.8. The smallest absolute Gasteiger partial charge is 0.0587 e. The minimum absolute atomic E-state index is 0.379. The van der Waals surface area contributed by atoms with Gasteiger partial charge in [-0.05, 0) is 70.9 Å². The molecule has 2 atom stereocenters. The topological polar surface area (TPSA) is 24.5 Å². The van der Waals surface area contributed by atoms with Gasteiger partial charge in [-0.3, -0.25) is 0 Å². The number of ether oxygens (including phenoxy) is 1. The molecule has 2 aliphatic heterocycles. The zero-order valence-corrected chi connectivity index (χ0v) is 12.5. The Morgan fingerprint density at radius 3 is 2.84 bits per heavy atom. The zero-order valence-electron chi connectivity index (χ0n) is 12.5. The predicted octanol–water partition coefficient (Wildman–Crippen LogP) is 2.41. The van der Waals surface area contributed by atoms with Crippen LogP contribution >= 0.6 is 0 Å². The van der Waals surface area contributed by atoms with Crippen LogP contribution < -0.4 is 5.32 Å². The number of nitrogens with one attached hydrogen (secondary N) is 1. The SMILES string of the molecule is CC1(C2CC2)CN(CCC2CCCCO2)CCCN1. The van der Waals surface area contributed by atoms with E-state index < -0.39 is 0 Å². The summed E-state index contributed by atoms with van der Waals surface area (Å²) in [5.41, 5.74) is 0.379. The van der Waals surface area contributed by atoms with E-state index in [0.29, 0.717) is 11.6 Å². The minimum Gasteiger partial charge on any atom is -0.378 e. The van der Waals surface area contributed by atoms with Crippen molar-refractivity contribution in [3.05, 3.63) is 0 Å². The van der Waals surface area contributed by atoms with Crippen LogP contribution in [0.4, 0.5) is 0 Å². The van der Waals surface area contributed by atoms with Crippen molar-refractivity contribution in [1.82, 2.24) is 10.2 Å². The van der Waals surface area contributed by atoms with E-state index in [0.717, 1.165) is 12.5 Å². The number of hydrogen-bond donors (Lipinski definition) is 1. The Morgan fingerprint density at radius 1 is 1.21 bits per heavy atom. The molecule has 3 heteroatoms. The molecule has 2 heterocycles. The molecule has 0 bridgehead atoms. The van der Waals surface area contributed by atoms with Crippen molar-refractivity contribution in [3.63, 3.8) is 0 Å². The molecule has 0 radical (unpaired) electrons. The predicted molar refractivity (Wildman–Crippen MR) is 78.4 cm³/mol. The summed E-state index contributed by atoms with van der Waals surface area (Å²) >= 11 is 0. The van der Waals surface area contributed by atoms with Crippen molar-refractivity contribution < 1.29 is 4.74 Å². The van der Waals surface area contributed by atoms with Gasteiger partial charge in [0.15, 0.2) is 0 Å². The van der Waals surface area contributed by atoms with Crippen LogP contribution in [-0.4, -0.2) is 49.3 Å². The Bertz CT molecular complexity index is 286. The Morgan fingerprint density at radius 2 is 2.11 bits per heavy atom. The number of rotatable bonds is 4. The van der Waals surface area contributed by atoms with Crippen LogP contribution in [0.5, 0.6) is 0 Å². The highest BCUT2D eigenvalue weighted by molar-refractivity contribution is 5.01. The van der Waals surface area contributed by atoms with Gasteiger partial charge in [-0.1, -0.05) is 0 Å². The van der Waals surface area contributed by atoms with E-state index in [9.17, 15) is 0 Å². The molecule has 1 saturated carbocycles. The fourth-order valence-electron chi connectivity index (χ4n) is 3.82. The maximum Gasteiger partial charge on any atom is 0.0587 e. The summed E-state index contributed by atoms with van der Waals surface area (Å²) in [6.45, 7) is 8.37. The highest BCUT2D eigenvalue weighted by Gasteiger charge is 2.42. The van der Waals surface area contributed by atoms with Gasteiger partial charge in [-0.25, -0.2) is 0 Å². The average molecular weight is 266 g/mol. The Kier molecular flexibility index (Phi) is 4.45. The first-order valence-corrected chi connectivity index (χ1v) is 8.35. The third kappa shape index (κ3) is 3.71. The standard InChI is InChI=1S/C16H30N2O/c1-16(14-6-7-14)13-18(10-4-9-17-16)11-8-15-5-2-3-12-19-15/h14-15,17H,2-13H2,1H3. The Labute approximate surface area is 118 Å². The molecule has 0 aromatic carbocycles. The van der Waals surface area contributed by atoms with E-state index in [2.05, 4.69) is 17.1 Å². The van der Waals surface area contributed by atoms with Crippen molar-refractivity contribution in [2.24, 2.45) is 5.92 Å². The van der Waals surface area contributed by atoms with Gasteiger partial charge in [0.2, 0.25) is 0 Å². The van der Waals surface area contributed by atoms with E-state index >= 15 is 0 Å². The second-order valence-electron chi connectivity index (χ2n) is 7.03. The van der Waals surface area contributed by atoms with Crippen LogP contribution in [0.1, 0.15) is 51.9 Å². The van der Waals surface area contributed by atoms with Gasteiger partial charge >= 0.3 is 0 Å². The molecule has 3 rings (SSSR count). The lowest BCUT2D eigenvalue weighted by Crippen LogP contribution is -2.51. The molecule has 2 unspecified atom stereocenters. The normalized spacial score (nSPS) is 38.1. The van der Waals surface area contributed by atoms with Crippen molar-refractivity contribution in [2.45, 2.75) is 63.5 Å². The van der Waals surface area contributed by atoms with E-state index in [1.807, 2.05) is 0 Å². The van der Waals surface area contributed by atoms with Crippen LogP contribution in [0.3, 0.4) is 0 Å². The fraction of sp³-hybridized carbons (Fsp3) is 1.00. The van der Waals surface area contributed by atoms with Crippen molar-refractivity contribution in [1.29, 1.82) is 0 Å². The zero-order chi connectivity index (χ0) is 13.1. The highest BCUT2D eigenvalue weighted by atomic mass is 16.5. The summed E-state index contributed by atoms with van der Waals surface area (Å²) in [7, 11) is 0. The third-order valence-electron chi connectivity index (χ3n) is 5.25. The molecule has 2 saturated heterocycles. The lowest BCUT2D eigenvalue weighted by molar-refractivity contribution is 0.00453. The van der Waals surface area contributed by atoms with Gasteiger partial charge in [-0.2, -0.15) is 0 Å². The van der Waals surface area contributed by atoms with Crippen LogP contribution in [0.2, 0.25) is 0 Å². The Hall–Kier alpha value is -0.120. The van der Waals surface area contributed by atoms with Crippen molar-refractivity contribution in [2.75, 3.05) is 32.8 Å². The summed E-state index contributed by atoms with van der Waals surface area (Å²) in [4.78, 5) is 2.69. The minimum atomic E-state index is 0.379. The van der Waals surface area contributed by atoms with Gasteiger partial charge in [0.25, 0.3) is 0 Å². The van der Waals surface area contributed by atoms with Gasteiger partial charge in [0.1, 0.15) is 0 Å². The van der Waals surface area contributed by atoms with Crippen molar-refractivity contribution >= 4 is 0 Å². The summed E-state index contributed by atoms with van der Waals surface area (Å²) in [6, 6.07) is 0. The average Bonchev–Trinajstić information content (AvgIpc) is 3.25. The first-order chi connectivity index (χ1) is 9.26. The molecule has 3 aliphatic rings.